The molecule has 2 heterocycles. The lowest BCUT2D eigenvalue weighted by molar-refractivity contribution is 0.0697. The second-order valence-corrected chi connectivity index (χ2v) is 9.66. The van der Waals surface area contributed by atoms with Gasteiger partial charge in [0.2, 0.25) is 0 Å². The van der Waals surface area contributed by atoms with Crippen LogP contribution in [0, 0.1) is 6.92 Å². The molecule has 6 nitrogen and oxygen atoms in total. The van der Waals surface area contributed by atoms with Gasteiger partial charge < -0.3 is 14.2 Å². The van der Waals surface area contributed by atoms with Crippen LogP contribution in [0.5, 0.6) is 0 Å². The van der Waals surface area contributed by atoms with Crippen LogP contribution >= 0.6 is 0 Å². The summed E-state index contributed by atoms with van der Waals surface area (Å²) in [4.78, 5) is 21.6. The minimum absolute atomic E-state index is 0.305. The Bertz CT molecular complexity index is 1830. The molecule has 6 aromatic rings. The Morgan fingerprint density at radius 2 is 1.55 bits per heavy atom. The molecule has 2 aromatic heterocycles. The number of fused-ring (bicyclic) bond motifs is 2. The van der Waals surface area contributed by atoms with Crippen molar-refractivity contribution < 1.29 is 9.90 Å². The highest BCUT2D eigenvalue weighted by molar-refractivity contribution is 5.96. The zero-order valence-electron chi connectivity index (χ0n) is 23.6. The third kappa shape index (κ3) is 4.77. The Hall–Kier alpha value is -4.71. The molecule has 0 bridgehead atoms. The summed E-state index contributed by atoms with van der Waals surface area (Å²) in [5, 5.41) is 9.58. The average Bonchev–Trinajstić information content (AvgIpc) is 3.52. The molecule has 1 N–H and O–H groups in total. The second kappa shape index (κ2) is 11.2. The predicted octanol–water partition coefficient (Wildman–Crippen LogP) is 7.90. The van der Waals surface area contributed by atoms with Crippen molar-refractivity contribution >= 4 is 28.0 Å². The minimum Gasteiger partial charge on any atom is -0.478 e. The van der Waals surface area contributed by atoms with Gasteiger partial charge in [0.1, 0.15) is 11.6 Å². The molecular formula is C34H34N4O2. The molecule has 0 spiro atoms. The molecule has 6 heteroatoms. The van der Waals surface area contributed by atoms with E-state index in [9.17, 15) is 9.90 Å². The van der Waals surface area contributed by atoms with Gasteiger partial charge in [-0.05, 0) is 59.5 Å². The van der Waals surface area contributed by atoms with Gasteiger partial charge in [0.25, 0.3) is 0 Å². The van der Waals surface area contributed by atoms with Crippen LogP contribution in [0.25, 0.3) is 44.6 Å². The summed E-state index contributed by atoms with van der Waals surface area (Å²) in [6.45, 7) is 8.91. The van der Waals surface area contributed by atoms with Crippen molar-refractivity contribution in [2.45, 2.75) is 40.7 Å². The third-order valence-electron chi connectivity index (χ3n) is 7.25. The van der Waals surface area contributed by atoms with E-state index in [-0.39, 0.29) is 0 Å². The molecule has 0 unspecified atom stereocenters. The number of carbonyl (C=O) groups is 1. The standard InChI is InChI=1S/C32H28N4O2.C2H6/c1-4-29-34-30-20(2)17-23(31-33-26-11-7-8-12-27(26)35(31)3)18-28(30)36(29)19-21-13-15-22(16-14-21)24-9-5-6-10-25(24)32(37)38;1-2/h5-18H,4,19H2,1-3H3,(H,37,38);1-2H3. The van der Waals surface area contributed by atoms with Crippen molar-refractivity contribution in [3.8, 4) is 22.5 Å². The van der Waals surface area contributed by atoms with E-state index >= 15 is 0 Å². The molecule has 0 saturated heterocycles. The van der Waals surface area contributed by atoms with Crippen molar-refractivity contribution in [3.05, 3.63) is 107 Å². The van der Waals surface area contributed by atoms with Crippen LogP contribution in [0.1, 0.15) is 48.1 Å². The number of aromatic carboxylic acids is 1. The molecule has 0 aliphatic heterocycles. The Morgan fingerprint density at radius 3 is 2.25 bits per heavy atom. The van der Waals surface area contributed by atoms with Crippen molar-refractivity contribution in [1.82, 2.24) is 19.1 Å². The molecule has 4 aromatic carbocycles. The maximum absolute atomic E-state index is 11.7. The lowest BCUT2D eigenvalue weighted by atomic mass is 9.98. The van der Waals surface area contributed by atoms with Crippen molar-refractivity contribution in [3.63, 3.8) is 0 Å². The highest BCUT2D eigenvalue weighted by Gasteiger charge is 2.17. The molecular weight excluding hydrogens is 496 g/mol. The van der Waals surface area contributed by atoms with Crippen LogP contribution in [-0.4, -0.2) is 30.2 Å². The number of hydrogen-bond acceptors (Lipinski definition) is 3. The topological polar surface area (TPSA) is 72.9 Å². The zero-order chi connectivity index (χ0) is 28.4. The van der Waals surface area contributed by atoms with E-state index in [0.29, 0.717) is 12.1 Å². The average molecular weight is 531 g/mol. The number of carboxylic acids is 1. The van der Waals surface area contributed by atoms with Gasteiger partial charge in [-0.25, -0.2) is 14.8 Å². The number of rotatable bonds is 6. The fourth-order valence-corrected chi connectivity index (χ4v) is 5.31. The van der Waals surface area contributed by atoms with Crippen molar-refractivity contribution in [2.75, 3.05) is 0 Å². The lowest BCUT2D eigenvalue weighted by Crippen LogP contribution is -2.05. The highest BCUT2D eigenvalue weighted by Crippen LogP contribution is 2.31. The molecule has 0 aliphatic carbocycles. The van der Waals surface area contributed by atoms with E-state index in [1.807, 2.05) is 56.3 Å². The van der Waals surface area contributed by atoms with Crippen molar-refractivity contribution in [2.24, 2.45) is 7.05 Å². The molecule has 0 atom stereocenters. The molecule has 6 rings (SSSR count). The van der Waals surface area contributed by atoms with Crippen LogP contribution in [0.2, 0.25) is 0 Å². The van der Waals surface area contributed by atoms with E-state index < -0.39 is 5.97 Å². The summed E-state index contributed by atoms with van der Waals surface area (Å²) >= 11 is 0. The summed E-state index contributed by atoms with van der Waals surface area (Å²) in [6, 6.07) is 27.8. The predicted molar refractivity (Wildman–Crippen MR) is 163 cm³/mol. The van der Waals surface area contributed by atoms with Gasteiger partial charge in [-0.15, -0.1) is 0 Å². The van der Waals surface area contributed by atoms with Gasteiger partial charge in [0.05, 0.1) is 27.6 Å². The Morgan fingerprint density at radius 1 is 0.850 bits per heavy atom. The summed E-state index contributed by atoms with van der Waals surface area (Å²) in [7, 11) is 2.06. The Labute approximate surface area is 234 Å². The van der Waals surface area contributed by atoms with Gasteiger partial charge in [-0.1, -0.05) is 75.4 Å². The molecule has 40 heavy (non-hydrogen) atoms. The largest absolute Gasteiger partial charge is 0.478 e. The summed E-state index contributed by atoms with van der Waals surface area (Å²) in [6.07, 6.45) is 0.819. The third-order valence-corrected chi connectivity index (χ3v) is 7.25. The number of hydrogen-bond donors (Lipinski definition) is 1. The number of benzene rings is 4. The fraction of sp³-hybridized carbons (Fsp3) is 0.206. The maximum Gasteiger partial charge on any atom is 0.336 e. The number of nitrogens with zero attached hydrogens (tertiary/aromatic N) is 4. The number of para-hydroxylation sites is 2. The van der Waals surface area contributed by atoms with Gasteiger partial charge >= 0.3 is 5.97 Å². The number of aryl methyl sites for hydroxylation is 3. The molecule has 202 valence electrons. The fourth-order valence-electron chi connectivity index (χ4n) is 5.31. The number of carboxylic acid groups (broad SMARTS) is 1. The molecule has 0 aliphatic rings. The first-order valence-electron chi connectivity index (χ1n) is 13.8. The maximum atomic E-state index is 11.7. The van der Waals surface area contributed by atoms with Crippen LogP contribution in [0.3, 0.4) is 0 Å². The zero-order valence-corrected chi connectivity index (χ0v) is 23.6. The lowest BCUT2D eigenvalue weighted by Gasteiger charge is -2.12. The summed E-state index contributed by atoms with van der Waals surface area (Å²) in [5.41, 5.74) is 9.41. The van der Waals surface area contributed by atoms with E-state index in [4.69, 9.17) is 9.97 Å². The summed E-state index contributed by atoms with van der Waals surface area (Å²) in [5.74, 6) is 1.04. The smallest absolute Gasteiger partial charge is 0.336 e. The van der Waals surface area contributed by atoms with E-state index in [2.05, 4.69) is 60.4 Å². The number of aromatic nitrogens is 4. The first-order chi connectivity index (χ1) is 19.4. The van der Waals surface area contributed by atoms with Crippen LogP contribution in [-0.2, 0) is 20.0 Å². The molecule has 0 radical (unpaired) electrons. The molecule has 0 amide bonds. The van der Waals surface area contributed by atoms with E-state index in [1.165, 1.54) is 0 Å². The quantitative estimate of drug-likeness (QED) is 0.238. The first-order valence-corrected chi connectivity index (χ1v) is 13.8. The second-order valence-electron chi connectivity index (χ2n) is 9.66. The minimum atomic E-state index is -0.922. The van der Waals surface area contributed by atoms with E-state index in [1.54, 1.807) is 12.1 Å². The highest BCUT2D eigenvalue weighted by atomic mass is 16.4. The van der Waals surface area contributed by atoms with Gasteiger partial charge in [-0.2, -0.15) is 0 Å². The normalized spacial score (nSPS) is 11.0. The summed E-state index contributed by atoms with van der Waals surface area (Å²) < 4.78 is 4.43. The van der Waals surface area contributed by atoms with Crippen LogP contribution < -0.4 is 0 Å². The van der Waals surface area contributed by atoms with Crippen LogP contribution in [0.15, 0.2) is 84.9 Å². The van der Waals surface area contributed by atoms with Crippen molar-refractivity contribution in [1.29, 1.82) is 0 Å². The SMILES string of the molecule is CC.CCc1nc2c(C)cc(-c3nc4ccccc4n3C)cc2n1Cc1ccc(-c2ccccc2C(=O)O)cc1. The molecule has 0 fully saturated rings. The Kier molecular flexibility index (Phi) is 7.52. The van der Waals surface area contributed by atoms with Gasteiger partial charge in [0.15, 0.2) is 0 Å². The first kappa shape index (κ1) is 26.9. The van der Waals surface area contributed by atoms with Crippen LogP contribution in [0.4, 0.5) is 0 Å². The van der Waals surface area contributed by atoms with Gasteiger partial charge in [-0.3, -0.25) is 0 Å². The Balaban J connectivity index is 0.00000158. The monoisotopic (exact) mass is 530 g/mol. The number of imidazole rings is 2. The molecule has 0 saturated carbocycles. The van der Waals surface area contributed by atoms with Gasteiger partial charge in [0, 0.05) is 25.6 Å². The van der Waals surface area contributed by atoms with E-state index in [0.717, 1.165) is 68.0 Å².